The Labute approximate surface area is 101 Å². The van der Waals surface area contributed by atoms with E-state index in [-0.39, 0.29) is 11.8 Å². The third-order valence-corrected chi connectivity index (χ3v) is 2.44. The molecule has 17 heavy (non-hydrogen) atoms. The van der Waals surface area contributed by atoms with Crippen molar-refractivity contribution in [2.24, 2.45) is 0 Å². The summed E-state index contributed by atoms with van der Waals surface area (Å²) in [5, 5.41) is 0. The van der Waals surface area contributed by atoms with Gasteiger partial charge in [0.05, 0.1) is 6.61 Å². The molecule has 1 rings (SSSR count). The van der Waals surface area contributed by atoms with Crippen LogP contribution in [0.25, 0.3) is 6.08 Å². The van der Waals surface area contributed by atoms with Gasteiger partial charge in [-0.1, -0.05) is 0 Å². The second kappa shape index (κ2) is 5.62. The van der Waals surface area contributed by atoms with Crippen molar-refractivity contribution < 1.29 is 13.9 Å². The molecule has 0 fully saturated rings. The number of ether oxygens (including phenoxy) is 1. The molecule has 1 aromatic rings. The summed E-state index contributed by atoms with van der Waals surface area (Å²) in [6.45, 7) is 7.22. The minimum Gasteiger partial charge on any atom is -0.463 e. The number of hydrogen-bond donors (Lipinski definition) is 0. The van der Waals surface area contributed by atoms with Crippen molar-refractivity contribution in [2.75, 3.05) is 6.61 Å². The first-order valence-electron chi connectivity index (χ1n) is 5.58. The van der Waals surface area contributed by atoms with Crippen LogP contribution in [-0.4, -0.2) is 12.6 Å². The van der Waals surface area contributed by atoms with Gasteiger partial charge in [0, 0.05) is 5.57 Å². The van der Waals surface area contributed by atoms with Crippen molar-refractivity contribution in [3.63, 3.8) is 0 Å². The molecular formula is C14H17FO2. The Morgan fingerprint density at radius 1 is 1.35 bits per heavy atom. The van der Waals surface area contributed by atoms with Gasteiger partial charge in [-0.05, 0) is 62.6 Å². The van der Waals surface area contributed by atoms with E-state index in [0.29, 0.717) is 23.3 Å². The highest BCUT2D eigenvalue weighted by molar-refractivity contribution is 5.93. The van der Waals surface area contributed by atoms with Gasteiger partial charge in [-0.2, -0.15) is 0 Å². The summed E-state index contributed by atoms with van der Waals surface area (Å²) >= 11 is 0. The largest absolute Gasteiger partial charge is 0.463 e. The van der Waals surface area contributed by atoms with E-state index in [4.69, 9.17) is 4.74 Å². The lowest BCUT2D eigenvalue weighted by atomic mass is 10.0. The van der Waals surface area contributed by atoms with Crippen molar-refractivity contribution in [1.82, 2.24) is 0 Å². The molecule has 0 N–H and O–H groups in total. The normalized spacial score (nSPS) is 11.5. The third kappa shape index (κ3) is 3.41. The number of halogens is 1. The van der Waals surface area contributed by atoms with Gasteiger partial charge in [0.1, 0.15) is 5.82 Å². The molecule has 0 saturated carbocycles. The number of benzene rings is 1. The fourth-order valence-electron chi connectivity index (χ4n) is 1.62. The Kier molecular flexibility index (Phi) is 4.44. The minimum atomic E-state index is -0.341. The topological polar surface area (TPSA) is 26.3 Å². The standard InChI is InChI=1S/C14H17FO2/c1-5-17-14(16)11(4)8-12-6-9(2)13(15)10(3)7-12/h6-8H,5H2,1-4H3/b11-8+. The molecule has 0 saturated heterocycles. The second-order valence-corrected chi connectivity index (χ2v) is 4.02. The molecular weight excluding hydrogens is 219 g/mol. The summed E-state index contributed by atoms with van der Waals surface area (Å²) in [5.74, 6) is -0.539. The van der Waals surface area contributed by atoms with Crippen molar-refractivity contribution in [2.45, 2.75) is 27.7 Å². The van der Waals surface area contributed by atoms with Crippen LogP contribution < -0.4 is 0 Å². The SMILES string of the molecule is CCOC(=O)/C(C)=C/c1cc(C)c(F)c(C)c1. The average molecular weight is 236 g/mol. The van der Waals surface area contributed by atoms with E-state index in [2.05, 4.69) is 0 Å². The predicted molar refractivity (Wildman–Crippen MR) is 66.2 cm³/mol. The van der Waals surface area contributed by atoms with E-state index in [0.717, 1.165) is 5.56 Å². The van der Waals surface area contributed by atoms with Gasteiger partial charge in [0.15, 0.2) is 0 Å². The molecule has 0 atom stereocenters. The Morgan fingerprint density at radius 3 is 2.35 bits per heavy atom. The molecule has 0 aliphatic carbocycles. The summed E-state index contributed by atoms with van der Waals surface area (Å²) < 4.78 is 18.3. The fraction of sp³-hybridized carbons (Fsp3) is 0.357. The van der Waals surface area contributed by atoms with Crippen LogP contribution in [-0.2, 0) is 9.53 Å². The Morgan fingerprint density at radius 2 is 1.88 bits per heavy atom. The maximum Gasteiger partial charge on any atom is 0.333 e. The summed E-state index contributed by atoms with van der Waals surface area (Å²) in [7, 11) is 0. The number of hydrogen-bond acceptors (Lipinski definition) is 2. The van der Waals surface area contributed by atoms with E-state index in [9.17, 15) is 9.18 Å². The van der Waals surface area contributed by atoms with Gasteiger partial charge in [0.2, 0.25) is 0 Å². The van der Waals surface area contributed by atoms with Gasteiger partial charge in [-0.3, -0.25) is 0 Å². The first-order chi connectivity index (χ1) is 7.95. The third-order valence-electron chi connectivity index (χ3n) is 2.44. The molecule has 0 radical (unpaired) electrons. The van der Waals surface area contributed by atoms with Crippen molar-refractivity contribution in [3.05, 3.63) is 40.2 Å². The number of carbonyl (C=O) groups is 1. The minimum absolute atomic E-state index is 0.198. The monoisotopic (exact) mass is 236 g/mol. The fourth-order valence-corrected chi connectivity index (χ4v) is 1.62. The van der Waals surface area contributed by atoms with E-state index >= 15 is 0 Å². The molecule has 0 aliphatic heterocycles. The molecule has 0 spiro atoms. The zero-order valence-electron chi connectivity index (χ0n) is 10.6. The number of rotatable bonds is 3. The van der Waals surface area contributed by atoms with Gasteiger partial charge in [-0.25, -0.2) is 9.18 Å². The average Bonchev–Trinajstić information content (AvgIpc) is 2.26. The summed E-state index contributed by atoms with van der Waals surface area (Å²) in [6, 6.07) is 3.43. The quantitative estimate of drug-likeness (QED) is 0.594. The van der Waals surface area contributed by atoms with Crippen LogP contribution >= 0.6 is 0 Å². The van der Waals surface area contributed by atoms with Crippen LogP contribution in [0.1, 0.15) is 30.5 Å². The van der Waals surface area contributed by atoms with Crippen molar-refractivity contribution in [3.8, 4) is 0 Å². The maximum atomic E-state index is 13.4. The Balaban J connectivity index is 3.02. The zero-order chi connectivity index (χ0) is 13.0. The highest BCUT2D eigenvalue weighted by atomic mass is 19.1. The summed E-state index contributed by atoms with van der Waals surface area (Å²) in [5.41, 5.74) is 2.48. The van der Waals surface area contributed by atoms with Gasteiger partial charge >= 0.3 is 5.97 Å². The lowest BCUT2D eigenvalue weighted by molar-refractivity contribution is -0.138. The molecule has 0 bridgehead atoms. The van der Waals surface area contributed by atoms with Gasteiger partial charge in [-0.15, -0.1) is 0 Å². The zero-order valence-corrected chi connectivity index (χ0v) is 10.6. The first-order valence-corrected chi connectivity index (χ1v) is 5.58. The van der Waals surface area contributed by atoms with Crippen LogP contribution in [0.5, 0.6) is 0 Å². The van der Waals surface area contributed by atoms with Gasteiger partial charge in [0.25, 0.3) is 0 Å². The lowest BCUT2D eigenvalue weighted by Crippen LogP contribution is -2.04. The number of esters is 1. The maximum absolute atomic E-state index is 13.4. The second-order valence-electron chi connectivity index (χ2n) is 4.02. The molecule has 0 heterocycles. The Bertz CT molecular complexity index is 438. The van der Waals surface area contributed by atoms with Crippen LogP contribution in [0, 0.1) is 19.7 Å². The number of aryl methyl sites for hydroxylation is 2. The first kappa shape index (κ1) is 13.4. The van der Waals surface area contributed by atoms with E-state index in [1.54, 1.807) is 45.9 Å². The molecule has 0 unspecified atom stereocenters. The van der Waals surface area contributed by atoms with E-state index < -0.39 is 0 Å². The lowest BCUT2D eigenvalue weighted by Gasteiger charge is -2.05. The summed E-state index contributed by atoms with van der Waals surface area (Å²) in [6.07, 6.45) is 1.71. The van der Waals surface area contributed by atoms with Crippen LogP contribution in [0.4, 0.5) is 4.39 Å². The molecule has 3 heteroatoms. The molecule has 92 valence electrons. The highest BCUT2D eigenvalue weighted by Gasteiger charge is 2.07. The van der Waals surface area contributed by atoms with Crippen molar-refractivity contribution in [1.29, 1.82) is 0 Å². The van der Waals surface area contributed by atoms with Crippen LogP contribution in [0.2, 0.25) is 0 Å². The predicted octanol–water partition coefficient (Wildman–Crippen LogP) is 3.41. The van der Waals surface area contributed by atoms with Crippen molar-refractivity contribution >= 4 is 12.0 Å². The Hall–Kier alpha value is -1.64. The molecule has 1 aromatic carbocycles. The summed E-state index contributed by atoms with van der Waals surface area (Å²) in [4.78, 5) is 11.4. The molecule has 0 aliphatic rings. The highest BCUT2D eigenvalue weighted by Crippen LogP contribution is 2.17. The van der Waals surface area contributed by atoms with Crippen LogP contribution in [0.15, 0.2) is 17.7 Å². The van der Waals surface area contributed by atoms with E-state index in [1.807, 2.05) is 0 Å². The molecule has 0 amide bonds. The van der Waals surface area contributed by atoms with Gasteiger partial charge < -0.3 is 4.74 Å². The number of carbonyl (C=O) groups excluding carboxylic acids is 1. The molecule has 2 nitrogen and oxygen atoms in total. The van der Waals surface area contributed by atoms with Crippen LogP contribution in [0.3, 0.4) is 0 Å². The molecule has 0 aromatic heterocycles. The van der Waals surface area contributed by atoms with E-state index in [1.165, 1.54) is 0 Å². The smallest absolute Gasteiger partial charge is 0.333 e.